The molecule has 1 aromatic heterocycles. The lowest BCUT2D eigenvalue weighted by Gasteiger charge is -2.27. The lowest BCUT2D eigenvalue weighted by Crippen LogP contribution is -2.33. The van der Waals surface area contributed by atoms with E-state index in [9.17, 15) is 0 Å². The van der Waals surface area contributed by atoms with Crippen LogP contribution in [0.4, 0.5) is 0 Å². The maximum Gasteiger partial charge on any atom is 0.165 e. The lowest BCUT2D eigenvalue weighted by molar-refractivity contribution is 0.0660. The van der Waals surface area contributed by atoms with Crippen LogP contribution in [0.1, 0.15) is 62.4 Å². The molecule has 2 fully saturated rings. The summed E-state index contributed by atoms with van der Waals surface area (Å²) in [6.45, 7) is 3.36. The highest BCUT2D eigenvalue weighted by Gasteiger charge is 2.24. The Morgan fingerprint density at radius 1 is 1.04 bits per heavy atom. The second kappa shape index (κ2) is 9.13. The molecular weight excluding hydrogens is 362 g/mol. The van der Waals surface area contributed by atoms with Crippen LogP contribution in [-0.4, -0.2) is 44.4 Å². The van der Waals surface area contributed by atoms with Crippen molar-refractivity contribution in [3.05, 3.63) is 40.7 Å². The van der Waals surface area contributed by atoms with Gasteiger partial charge in [-0.3, -0.25) is 4.90 Å². The maximum atomic E-state index is 6.04. The molecule has 0 spiro atoms. The Morgan fingerprint density at radius 2 is 1.85 bits per heavy atom. The summed E-state index contributed by atoms with van der Waals surface area (Å²) in [4.78, 5) is 2.41. The van der Waals surface area contributed by atoms with Crippen molar-refractivity contribution < 1.29 is 4.74 Å². The third-order valence-electron chi connectivity index (χ3n) is 5.65. The van der Waals surface area contributed by atoms with Crippen LogP contribution in [0, 0.1) is 0 Å². The number of hydrogen-bond donors (Lipinski definition) is 0. The van der Waals surface area contributed by atoms with Gasteiger partial charge in [-0.05, 0) is 53.8 Å². The lowest BCUT2D eigenvalue weighted by atomic mass is 9.95. The summed E-state index contributed by atoms with van der Waals surface area (Å²) in [7, 11) is 0. The molecule has 1 aromatic carbocycles. The van der Waals surface area contributed by atoms with Gasteiger partial charge in [0.05, 0.1) is 18.7 Å². The van der Waals surface area contributed by atoms with Crippen molar-refractivity contribution in [3.63, 3.8) is 0 Å². The SMILES string of the molecule is Clc1ccc(CN(Cc2nnnn2C2CCCCC2)C[C@@H]2CCCO2)cc1. The van der Waals surface area contributed by atoms with E-state index in [-0.39, 0.29) is 0 Å². The summed E-state index contributed by atoms with van der Waals surface area (Å²) >= 11 is 6.04. The molecule has 6 nitrogen and oxygen atoms in total. The van der Waals surface area contributed by atoms with Crippen LogP contribution in [0.2, 0.25) is 5.02 Å². The van der Waals surface area contributed by atoms with E-state index in [1.54, 1.807) is 0 Å². The minimum Gasteiger partial charge on any atom is -0.377 e. The molecule has 2 heterocycles. The molecule has 27 heavy (non-hydrogen) atoms. The third kappa shape index (κ3) is 5.06. The monoisotopic (exact) mass is 389 g/mol. The number of rotatable bonds is 7. The van der Waals surface area contributed by atoms with E-state index in [0.717, 1.165) is 49.9 Å². The quantitative estimate of drug-likeness (QED) is 0.716. The van der Waals surface area contributed by atoms with Crippen molar-refractivity contribution in [1.82, 2.24) is 25.1 Å². The first-order valence-corrected chi connectivity index (χ1v) is 10.5. The second-order valence-corrected chi connectivity index (χ2v) is 8.20. The predicted molar refractivity (Wildman–Crippen MR) is 104 cm³/mol. The molecule has 0 unspecified atom stereocenters. The van der Waals surface area contributed by atoms with E-state index in [0.29, 0.717) is 12.1 Å². The van der Waals surface area contributed by atoms with Crippen molar-refractivity contribution in [2.45, 2.75) is 70.2 Å². The molecule has 4 rings (SSSR count). The van der Waals surface area contributed by atoms with E-state index in [2.05, 4.69) is 37.2 Å². The van der Waals surface area contributed by atoms with Crippen molar-refractivity contribution in [2.24, 2.45) is 0 Å². The summed E-state index contributed by atoms with van der Waals surface area (Å²) in [5, 5.41) is 13.4. The van der Waals surface area contributed by atoms with Crippen molar-refractivity contribution in [1.29, 1.82) is 0 Å². The Hall–Kier alpha value is -1.50. The number of nitrogens with zero attached hydrogens (tertiary/aromatic N) is 5. The Balaban J connectivity index is 1.48. The van der Waals surface area contributed by atoms with Crippen molar-refractivity contribution in [2.75, 3.05) is 13.2 Å². The zero-order valence-corrected chi connectivity index (χ0v) is 16.5. The van der Waals surface area contributed by atoms with Crippen LogP contribution in [0.15, 0.2) is 24.3 Å². The minimum atomic E-state index is 0.302. The fourth-order valence-electron chi connectivity index (χ4n) is 4.23. The Bertz CT molecular complexity index is 707. The number of hydrogen-bond acceptors (Lipinski definition) is 5. The molecule has 0 N–H and O–H groups in total. The summed E-state index contributed by atoms with van der Waals surface area (Å²) in [6, 6.07) is 8.54. The number of ether oxygens (including phenoxy) is 1. The van der Waals surface area contributed by atoms with Gasteiger partial charge >= 0.3 is 0 Å². The number of tetrazole rings is 1. The largest absolute Gasteiger partial charge is 0.377 e. The van der Waals surface area contributed by atoms with Crippen LogP contribution in [0.3, 0.4) is 0 Å². The molecule has 1 saturated carbocycles. The molecule has 0 radical (unpaired) electrons. The molecule has 146 valence electrons. The average molecular weight is 390 g/mol. The first kappa shape index (κ1) is 18.8. The van der Waals surface area contributed by atoms with Gasteiger partial charge in [0.25, 0.3) is 0 Å². The van der Waals surface area contributed by atoms with Crippen LogP contribution >= 0.6 is 11.6 Å². The van der Waals surface area contributed by atoms with Gasteiger partial charge in [0, 0.05) is 24.7 Å². The van der Waals surface area contributed by atoms with E-state index in [1.165, 1.54) is 37.7 Å². The third-order valence-corrected chi connectivity index (χ3v) is 5.90. The smallest absolute Gasteiger partial charge is 0.165 e. The van der Waals surface area contributed by atoms with Gasteiger partial charge in [0.2, 0.25) is 0 Å². The molecule has 2 aromatic rings. The van der Waals surface area contributed by atoms with Gasteiger partial charge < -0.3 is 4.74 Å². The molecule has 1 aliphatic heterocycles. The standard InChI is InChI=1S/C20H28ClN5O/c21-17-10-8-16(9-11-17)13-25(14-19-7-4-12-27-19)15-20-22-23-24-26(20)18-5-2-1-3-6-18/h8-11,18-19H,1-7,12-15H2/t19-/m0/s1. The normalized spacial score (nSPS) is 21.2. The van der Waals surface area contributed by atoms with Crippen LogP contribution in [-0.2, 0) is 17.8 Å². The highest BCUT2D eigenvalue weighted by molar-refractivity contribution is 6.30. The zero-order chi connectivity index (χ0) is 18.5. The summed E-state index contributed by atoms with van der Waals surface area (Å²) < 4.78 is 7.96. The Labute approximate surface area is 165 Å². The van der Waals surface area contributed by atoms with Gasteiger partial charge in [0.1, 0.15) is 0 Å². The highest BCUT2D eigenvalue weighted by Crippen LogP contribution is 2.28. The molecule has 1 saturated heterocycles. The Morgan fingerprint density at radius 3 is 2.59 bits per heavy atom. The molecular formula is C20H28ClN5O. The van der Waals surface area contributed by atoms with Gasteiger partial charge in [0.15, 0.2) is 5.82 Å². The van der Waals surface area contributed by atoms with E-state index < -0.39 is 0 Å². The zero-order valence-electron chi connectivity index (χ0n) is 15.8. The first-order chi connectivity index (χ1) is 13.3. The van der Waals surface area contributed by atoms with Gasteiger partial charge in [-0.15, -0.1) is 5.10 Å². The molecule has 0 bridgehead atoms. The van der Waals surface area contributed by atoms with E-state index >= 15 is 0 Å². The van der Waals surface area contributed by atoms with Crippen molar-refractivity contribution in [3.8, 4) is 0 Å². The molecule has 1 aliphatic carbocycles. The fourth-order valence-corrected chi connectivity index (χ4v) is 4.36. The summed E-state index contributed by atoms with van der Waals surface area (Å²) in [5.74, 6) is 0.967. The van der Waals surface area contributed by atoms with Gasteiger partial charge in [-0.2, -0.15) is 0 Å². The maximum absolute atomic E-state index is 6.04. The number of benzene rings is 1. The summed E-state index contributed by atoms with van der Waals surface area (Å²) in [5.41, 5.74) is 1.24. The average Bonchev–Trinajstić information content (AvgIpc) is 3.36. The van der Waals surface area contributed by atoms with Crippen LogP contribution in [0.25, 0.3) is 0 Å². The first-order valence-electron chi connectivity index (χ1n) is 10.1. The fraction of sp³-hybridized carbons (Fsp3) is 0.650. The molecule has 7 heteroatoms. The number of aromatic nitrogens is 4. The van der Waals surface area contributed by atoms with Crippen molar-refractivity contribution >= 4 is 11.6 Å². The van der Waals surface area contributed by atoms with Crippen LogP contribution < -0.4 is 0 Å². The van der Waals surface area contributed by atoms with Gasteiger partial charge in [-0.1, -0.05) is 43.0 Å². The number of halogens is 1. The molecule has 1 atom stereocenters. The second-order valence-electron chi connectivity index (χ2n) is 7.76. The molecule has 2 aliphatic rings. The van der Waals surface area contributed by atoms with E-state index in [4.69, 9.17) is 16.3 Å². The van der Waals surface area contributed by atoms with Gasteiger partial charge in [-0.25, -0.2) is 4.68 Å². The Kier molecular flexibility index (Phi) is 6.37. The predicted octanol–water partition coefficient (Wildman–Crippen LogP) is 4.01. The topological polar surface area (TPSA) is 56.1 Å². The molecule has 0 amide bonds. The minimum absolute atomic E-state index is 0.302. The summed E-state index contributed by atoms with van der Waals surface area (Å²) in [6.07, 6.45) is 8.82. The van der Waals surface area contributed by atoms with Crippen LogP contribution in [0.5, 0.6) is 0 Å². The highest BCUT2D eigenvalue weighted by atomic mass is 35.5. The van der Waals surface area contributed by atoms with E-state index in [1.807, 2.05) is 12.1 Å².